The summed E-state index contributed by atoms with van der Waals surface area (Å²) in [7, 11) is 0. The Morgan fingerprint density at radius 1 is 0.783 bits per heavy atom. The average molecular weight is 364 g/mol. The molecule has 4 rings (SSSR count). The summed E-state index contributed by atoms with van der Waals surface area (Å²) in [6.45, 7) is 1.43. The predicted octanol–water partition coefficient (Wildman–Crippen LogP) is 3.89. The third-order valence-corrected chi connectivity index (χ3v) is 3.94. The second-order valence-corrected chi connectivity index (χ2v) is 5.43. The molecule has 3 heteroatoms. The van der Waals surface area contributed by atoms with Crippen LogP contribution in [0.4, 0.5) is 0 Å². The zero-order chi connectivity index (χ0) is 15.1. The van der Waals surface area contributed by atoms with E-state index in [-0.39, 0.29) is 23.9 Å². The van der Waals surface area contributed by atoms with Gasteiger partial charge in [-0.25, -0.2) is 0 Å². The van der Waals surface area contributed by atoms with Gasteiger partial charge in [0.25, 0.3) is 0 Å². The van der Waals surface area contributed by atoms with Gasteiger partial charge in [0.05, 0.1) is 0 Å². The van der Waals surface area contributed by atoms with Gasteiger partial charge in [0.15, 0.2) is 0 Å². The molecule has 0 fully saturated rings. The third kappa shape index (κ3) is 2.71. The van der Waals surface area contributed by atoms with Crippen LogP contribution in [0.2, 0.25) is 0 Å². The van der Waals surface area contributed by atoms with E-state index in [1.807, 2.05) is 30.3 Å². The number of rotatable bonds is 1. The summed E-state index contributed by atoms with van der Waals surface area (Å²) in [4.78, 5) is 11.4. The number of carbonyl (C=O) groups is 1. The van der Waals surface area contributed by atoms with Crippen molar-refractivity contribution in [3.8, 4) is 5.75 Å². The van der Waals surface area contributed by atoms with Gasteiger partial charge in [-0.1, -0.05) is 48.5 Å². The summed E-state index contributed by atoms with van der Waals surface area (Å²) in [5.74, 6) is 0.316. The van der Waals surface area contributed by atoms with E-state index in [9.17, 15) is 4.79 Å². The van der Waals surface area contributed by atoms with Crippen molar-refractivity contribution < 1.29 is 9.53 Å². The Labute approximate surface area is 145 Å². The minimum atomic E-state index is -0.301. The molecule has 2 nitrogen and oxygen atoms in total. The minimum absolute atomic E-state index is 0. The van der Waals surface area contributed by atoms with E-state index < -0.39 is 0 Å². The van der Waals surface area contributed by atoms with Crippen LogP contribution >= 0.6 is 0 Å². The molecule has 0 amide bonds. The number of fused-ring (bicyclic) bond motifs is 4. The standard InChI is InChI=1S/C20H14O2.AsH3/c1-13(21)22-19-8-4-7-14-9-10-17-11-15-5-2-3-6-16(15)12-18(17)20(14)19;/h2-12H,1H3;1H3. The van der Waals surface area contributed by atoms with Crippen molar-refractivity contribution in [2.75, 3.05) is 0 Å². The number of hydrogen-bond donors (Lipinski definition) is 0. The van der Waals surface area contributed by atoms with Crippen molar-refractivity contribution in [2.45, 2.75) is 6.92 Å². The van der Waals surface area contributed by atoms with Gasteiger partial charge in [-0.05, 0) is 45.1 Å². The van der Waals surface area contributed by atoms with Crippen LogP contribution in [0.5, 0.6) is 5.75 Å². The van der Waals surface area contributed by atoms with Gasteiger partial charge in [0.1, 0.15) is 5.75 Å². The summed E-state index contributed by atoms with van der Waals surface area (Å²) in [6, 6.07) is 22.6. The fourth-order valence-corrected chi connectivity index (χ4v) is 3.01. The third-order valence-electron chi connectivity index (χ3n) is 3.94. The fourth-order valence-electron chi connectivity index (χ4n) is 3.01. The number of hydrogen-bond acceptors (Lipinski definition) is 2. The average Bonchev–Trinajstić information content (AvgIpc) is 2.52. The van der Waals surface area contributed by atoms with Crippen LogP contribution in [-0.2, 0) is 4.79 Å². The van der Waals surface area contributed by atoms with E-state index in [0.29, 0.717) is 5.75 Å². The summed E-state index contributed by atoms with van der Waals surface area (Å²) in [5, 5.41) is 6.70. The normalized spacial score (nSPS) is 10.7. The topological polar surface area (TPSA) is 26.3 Å². The Kier molecular flexibility index (Phi) is 4.10. The Balaban J connectivity index is 0.00000156. The molecule has 0 bridgehead atoms. The SMILES string of the molecule is CC(=O)Oc1cccc2ccc3cc4ccccc4cc3c12.[AsH3]. The van der Waals surface area contributed by atoms with Gasteiger partial charge in [-0.15, -0.1) is 0 Å². The van der Waals surface area contributed by atoms with Gasteiger partial charge in [-0.3, -0.25) is 4.79 Å². The maximum atomic E-state index is 11.4. The second-order valence-electron chi connectivity index (χ2n) is 5.43. The zero-order valence-electron chi connectivity index (χ0n) is 12.9. The van der Waals surface area contributed by atoms with Crippen molar-refractivity contribution in [1.29, 1.82) is 0 Å². The van der Waals surface area contributed by atoms with Gasteiger partial charge >= 0.3 is 23.9 Å². The monoisotopic (exact) mass is 364 g/mol. The molecule has 4 aromatic carbocycles. The molecule has 1 atom stereocenters. The molecular formula is C20H17AsO2. The van der Waals surface area contributed by atoms with Crippen LogP contribution in [-0.4, -0.2) is 23.9 Å². The molecule has 0 aromatic heterocycles. The van der Waals surface area contributed by atoms with E-state index in [0.717, 1.165) is 21.5 Å². The zero-order valence-corrected chi connectivity index (χ0v) is 15.8. The first-order chi connectivity index (χ1) is 10.7. The molecule has 0 radical (unpaired) electrons. The van der Waals surface area contributed by atoms with Gasteiger partial charge in [0.2, 0.25) is 0 Å². The Morgan fingerprint density at radius 2 is 1.43 bits per heavy atom. The Bertz CT molecular complexity index is 1040. The van der Waals surface area contributed by atoms with Crippen molar-refractivity contribution in [3.63, 3.8) is 0 Å². The predicted molar refractivity (Wildman–Crippen MR) is 100 cm³/mol. The second kappa shape index (κ2) is 6.06. The molecule has 114 valence electrons. The molecule has 0 aliphatic heterocycles. The molecule has 0 aliphatic carbocycles. The molecule has 1 unspecified atom stereocenters. The fraction of sp³-hybridized carbons (Fsp3) is 0.0500. The molecule has 0 N–H and O–H groups in total. The summed E-state index contributed by atoms with van der Waals surface area (Å²) >= 11 is 0. The van der Waals surface area contributed by atoms with Gasteiger partial charge in [-0.2, -0.15) is 0 Å². The van der Waals surface area contributed by atoms with Gasteiger partial charge < -0.3 is 4.74 Å². The van der Waals surface area contributed by atoms with E-state index >= 15 is 0 Å². The molecule has 0 heterocycles. The van der Waals surface area contributed by atoms with Crippen LogP contribution < -0.4 is 4.74 Å². The molecular weight excluding hydrogens is 347 g/mol. The van der Waals surface area contributed by atoms with Crippen molar-refractivity contribution >= 4 is 56.2 Å². The summed E-state index contributed by atoms with van der Waals surface area (Å²) in [6.07, 6.45) is 0. The van der Waals surface area contributed by atoms with Crippen LogP contribution in [0.15, 0.2) is 66.7 Å². The first kappa shape index (κ1) is 15.6. The molecule has 4 aromatic rings. The van der Waals surface area contributed by atoms with Crippen molar-refractivity contribution in [3.05, 3.63) is 66.7 Å². The van der Waals surface area contributed by atoms with E-state index in [2.05, 4.69) is 36.4 Å². The van der Waals surface area contributed by atoms with E-state index in [4.69, 9.17) is 4.74 Å². The van der Waals surface area contributed by atoms with Crippen LogP contribution in [0.3, 0.4) is 0 Å². The van der Waals surface area contributed by atoms with E-state index in [1.54, 1.807) is 0 Å². The molecule has 23 heavy (non-hydrogen) atoms. The molecule has 0 saturated heterocycles. The first-order valence-electron chi connectivity index (χ1n) is 7.25. The quantitative estimate of drug-likeness (QED) is 0.168. The molecule has 0 saturated carbocycles. The number of benzene rings is 4. The van der Waals surface area contributed by atoms with Gasteiger partial charge in [0, 0.05) is 12.3 Å². The summed E-state index contributed by atoms with van der Waals surface area (Å²) in [5.41, 5.74) is 0. The Morgan fingerprint density at radius 3 is 2.17 bits per heavy atom. The van der Waals surface area contributed by atoms with Crippen molar-refractivity contribution in [2.24, 2.45) is 0 Å². The summed E-state index contributed by atoms with van der Waals surface area (Å²) < 4.78 is 5.41. The molecule has 0 aliphatic rings. The number of ether oxygens (including phenoxy) is 1. The van der Waals surface area contributed by atoms with Crippen molar-refractivity contribution in [1.82, 2.24) is 0 Å². The molecule has 0 spiro atoms. The first-order valence-corrected chi connectivity index (χ1v) is 7.25. The van der Waals surface area contributed by atoms with Crippen LogP contribution in [0, 0.1) is 0 Å². The van der Waals surface area contributed by atoms with Crippen LogP contribution in [0.1, 0.15) is 6.92 Å². The van der Waals surface area contributed by atoms with Crippen LogP contribution in [0.25, 0.3) is 32.3 Å². The van der Waals surface area contributed by atoms with E-state index in [1.165, 1.54) is 17.7 Å². The maximum absolute atomic E-state index is 11.4. The number of carbonyl (C=O) groups excluding carboxylic acids is 1. The Hall–Kier alpha value is -2.31. The number of esters is 1.